The fourth-order valence-corrected chi connectivity index (χ4v) is 9.34. The van der Waals surface area contributed by atoms with E-state index in [-0.39, 0.29) is 25.8 Å². The molecule has 0 aromatic rings. The second kappa shape index (κ2) is 43.5. The van der Waals surface area contributed by atoms with Crippen molar-refractivity contribution in [3.8, 4) is 0 Å². The number of primary amides is 3. The average Bonchev–Trinajstić information content (AvgIpc) is 3.59. The summed E-state index contributed by atoms with van der Waals surface area (Å²) in [5, 5.41) is 76.2. The van der Waals surface area contributed by atoms with Gasteiger partial charge in [0.05, 0.1) is 43.8 Å². The lowest BCUT2D eigenvalue weighted by atomic mass is 10.0. The third-order valence-corrected chi connectivity index (χ3v) is 14.6. The summed E-state index contributed by atoms with van der Waals surface area (Å²) in [5.74, 6) is -14.9. The van der Waals surface area contributed by atoms with Crippen molar-refractivity contribution in [1.29, 1.82) is 0 Å². The van der Waals surface area contributed by atoms with E-state index in [0.717, 1.165) is 85.0 Å². The maximum atomic E-state index is 14.0. The minimum Gasteiger partial charge on any atom is -0.393 e. The number of carbonyl (C=O) groups excluding carboxylic acids is 13. The van der Waals surface area contributed by atoms with E-state index in [1.807, 2.05) is 6.92 Å². The zero-order valence-electron chi connectivity index (χ0n) is 51.7. The van der Waals surface area contributed by atoms with Crippen LogP contribution in [0.4, 0.5) is 0 Å². The third-order valence-electron chi connectivity index (χ3n) is 14.6. The first kappa shape index (κ1) is 78.9. The number of amides is 13. The summed E-state index contributed by atoms with van der Waals surface area (Å²) in [7, 11) is 0. The lowest BCUT2D eigenvalue weighted by Gasteiger charge is -2.29. The van der Waals surface area contributed by atoms with Crippen molar-refractivity contribution >= 4 is 76.8 Å². The Labute approximate surface area is 514 Å². The topological polar surface area (TPSA) is 521 Å². The Morgan fingerprint density at radius 2 is 0.864 bits per heavy atom. The molecule has 0 aromatic heterocycles. The SMILES string of the molecule is CCCCCCCCC[C@H](O)CC[C@H]1NC(=O)[C@@H]([C@H](C)O)NC(=O)[C@H]([C@H](C)O)NC(=O)[C@@H](C[C@@H](O)C(N)=O)NC(=O)[C@H](C)NC(=O)[C@H](CC(N)=O)NC(=O)[C@@H](CC(N)=O)NC(=O)[C@H](CCCCCCC[C@H](O)CCCC)NC(=O)CCNC(=O)CNC1=O. The van der Waals surface area contributed by atoms with Gasteiger partial charge in [0, 0.05) is 19.4 Å². The molecule has 0 radical (unpaired) electrons. The van der Waals surface area contributed by atoms with Gasteiger partial charge in [0.25, 0.3) is 0 Å². The highest BCUT2D eigenvalue weighted by atomic mass is 16.3. The smallest absolute Gasteiger partial charge is 0.246 e. The van der Waals surface area contributed by atoms with Crippen LogP contribution < -0.4 is 70.4 Å². The Morgan fingerprint density at radius 3 is 1.39 bits per heavy atom. The molecule has 31 nitrogen and oxygen atoms in total. The summed E-state index contributed by atoms with van der Waals surface area (Å²) in [6.45, 7) is 6.23. The van der Waals surface area contributed by atoms with Gasteiger partial charge >= 0.3 is 0 Å². The second-order valence-corrected chi connectivity index (χ2v) is 22.6. The Hall–Kier alpha value is -7.09. The van der Waals surface area contributed by atoms with Crippen molar-refractivity contribution in [3.63, 3.8) is 0 Å². The molecule has 0 saturated carbocycles. The van der Waals surface area contributed by atoms with Crippen LogP contribution >= 0.6 is 0 Å². The molecule has 21 N–H and O–H groups in total. The minimum absolute atomic E-state index is 0.0179. The lowest BCUT2D eigenvalue weighted by molar-refractivity contribution is -0.139. The van der Waals surface area contributed by atoms with Gasteiger partial charge in [-0.2, -0.15) is 0 Å². The predicted octanol–water partition coefficient (Wildman–Crippen LogP) is -4.17. The summed E-state index contributed by atoms with van der Waals surface area (Å²) in [6.07, 6.45) is 2.74. The third kappa shape index (κ3) is 33.3. The van der Waals surface area contributed by atoms with Crippen LogP contribution in [0.25, 0.3) is 0 Å². The number of carbonyl (C=O) groups is 13. The van der Waals surface area contributed by atoms with Crippen molar-refractivity contribution in [3.05, 3.63) is 0 Å². The normalized spacial score (nSPS) is 24.1. The molecule has 502 valence electrons. The number of nitrogens with two attached hydrogens (primary N) is 3. The fourth-order valence-electron chi connectivity index (χ4n) is 9.34. The number of aliphatic hydroxyl groups excluding tert-OH is 5. The largest absolute Gasteiger partial charge is 0.393 e. The first-order valence-electron chi connectivity index (χ1n) is 30.7. The Kier molecular flexibility index (Phi) is 39.0. The van der Waals surface area contributed by atoms with Crippen LogP contribution in [0, 0.1) is 0 Å². The molecule has 0 aliphatic carbocycles. The predicted molar refractivity (Wildman–Crippen MR) is 318 cm³/mol. The highest BCUT2D eigenvalue weighted by Crippen LogP contribution is 2.16. The highest BCUT2D eigenvalue weighted by molar-refractivity contribution is 6.00. The van der Waals surface area contributed by atoms with E-state index >= 15 is 0 Å². The monoisotopic (exact) mass is 1260 g/mol. The number of hydrogen-bond acceptors (Lipinski definition) is 18. The maximum absolute atomic E-state index is 14.0. The number of unbranched alkanes of at least 4 members (excludes halogenated alkanes) is 11. The van der Waals surface area contributed by atoms with Crippen LogP contribution in [0.15, 0.2) is 0 Å². The van der Waals surface area contributed by atoms with Gasteiger partial charge in [0.1, 0.15) is 54.4 Å². The molecular formula is C57H101N13O18. The van der Waals surface area contributed by atoms with Crippen molar-refractivity contribution in [1.82, 2.24) is 53.2 Å². The number of aliphatic hydroxyl groups is 5. The quantitative estimate of drug-likeness (QED) is 0.0293. The highest BCUT2D eigenvalue weighted by Gasteiger charge is 2.38. The standard InChI is InChI=1S/C57H101N13O18/c1-6-8-10-11-12-14-18-22-36(74)24-25-38-51(82)62-31-46(79)61-27-26-45(78)64-37(23-19-16-13-15-17-21-35(73)20-9-7-2)52(83)67-41(30-44(59)77)54(85)68-40(29-43(58)76)53(84)63-32(3)50(81)66-39(28-42(75)49(60)80)55(86)69-48(34(5)72)57(88)70-47(33(4)71)56(87)65-38/h32-42,47-48,71-75H,6-31H2,1-5H3,(H2,58,76)(H2,59,77)(H2,60,80)(H,61,79)(H,62,82)(H,63,84)(H,64,78)(H,65,87)(H,66,81)(H,67,83)(H,68,85)(H,69,86)(H,70,88)/t32-,33-,34-,35+,36-,37-,38+,39+,40-,41+,42+,47+,48-/m0/s1. The fraction of sp³-hybridized carbons (Fsp3) is 0.772. The molecule has 88 heavy (non-hydrogen) atoms. The molecule has 0 spiro atoms. The lowest BCUT2D eigenvalue weighted by Crippen LogP contribution is -2.63. The molecule has 13 atom stereocenters. The van der Waals surface area contributed by atoms with Gasteiger partial charge in [-0.05, 0) is 59.3 Å². The number of rotatable bonds is 31. The Bertz CT molecular complexity index is 2280. The zero-order chi connectivity index (χ0) is 66.5. The maximum Gasteiger partial charge on any atom is 0.246 e. The summed E-state index contributed by atoms with van der Waals surface area (Å²) in [5.41, 5.74) is 16.1. The van der Waals surface area contributed by atoms with Crippen LogP contribution in [0.2, 0.25) is 0 Å². The summed E-state index contributed by atoms with van der Waals surface area (Å²) in [6, 6.07) is -14.4. The van der Waals surface area contributed by atoms with Crippen LogP contribution in [-0.2, 0) is 62.3 Å². The van der Waals surface area contributed by atoms with Crippen molar-refractivity contribution in [2.75, 3.05) is 13.1 Å². The van der Waals surface area contributed by atoms with Crippen LogP contribution in [0.3, 0.4) is 0 Å². The molecule has 1 saturated heterocycles. The molecule has 31 heteroatoms. The first-order chi connectivity index (χ1) is 41.5. The van der Waals surface area contributed by atoms with E-state index < -0.39 is 188 Å². The molecule has 1 fully saturated rings. The van der Waals surface area contributed by atoms with Crippen LogP contribution in [0.5, 0.6) is 0 Å². The zero-order valence-corrected chi connectivity index (χ0v) is 51.7. The van der Waals surface area contributed by atoms with E-state index in [2.05, 4.69) is 60.1 Å². The average molecular weight is 1260 g/mol. The first-order valence-corrected chi connectivity index (χ1v) is 30.7. The molecule has 13 amide bonds. The van der Waals surface area contributed by atoms with Gasteiger partial charge in [0.15, 0.2) is 0 Å². The van der Waals surface area contributed by atoms with Crippen LogP contribution in [-0.4, -0.2) is 194 Å². The van der Waals surface area contributed by atoms with E-state index in [1.165, 1.54) is 0 Å². The summed E-state index contributed by atoms with van der Waals surface area (Å²) < 4.78 is 0. The summed E-state index contributed by atoms with van der Waals surface area (Å²) >= 11 is 0. The van der Waals surface area contributed by atoms with E-state index in [4.69, 9.17) is 17.2 Å². The van der Waals surface area contributed by atoms with Crippen molar-refractivity contribution in [2.24, 2.45) is 17.2 Å². The van der Waals surface area contributed by atoms with E-state index in [1.54, 1.807) is 0 Å². The number of nitrogens with one attached hydrogen (secondary N) is 10. The molecular weight excluding hydrogens is 1150 g/mol. The van der Waals surface area contributed by atoms with E-state index in [9.17, 15) is 87.9 Å². The Morgan fingerprint density at radius 1 is 0.443 bits per heavy atom. The van der Waals surface area contributed by atoms with Gasteiger partial charge in [-0.1, -0.05) is 104 Å². The molecule has 1 aliphatic heterocycles. The molecule has 1 heterocycles. The molecule has 1 aliphatic rings. The summed E-state index contributed by atoms with van der Waals surface area (Å²) in [4.78, 5) is 174. The van der Waals surface area contributed by atoms with Crippen LogP contribution in [0.1, 0.15) is 189 Å². The van der Waals surface area contributed by atoms with Gasteiger partial charge in [0.2, 0.25) is 76.8 Å². The van der Waals surface area contributed by atoms with Gasteiger partial charge in [-0.25, -0.2) is 0 Å². The van der Waals surface area contributed by atoms with Gasteiger partial charge in [-0.3, -0.25) is 62.3 Å². The molecule has 1 rings (SSSR count). The number of hydrogen-bond donors (Lipinski definition) is 18. The van der Waals surface area contributed by atoms with Gasteiger partial charge < -0.3 is 95.9 Å². The van der Waals surface area contributed by atoms with Crippen molar-refractivity contribution < 1.29 is 87.9 Å². The Balaban J connectivity index is 3.81. The minimum atomic E-state index is -2.15. The van der Waals surface area contributed by atoms with Crippen molar-refractivity contribution in [2.45, 2.75) is 268 Å². The van der Waals surface area contributed by atoms with E-state index in [0.29, 0.717) is 44.9 Å². The molecule has 0 unspecified atom stereocenters. The molecule has 0 aromatic carbocycles. The second-order valence-electron chi connectivity index (χ2n) is 22.6. The molecule has 0 bridgehead atoms. The van der Waals surface area contributed by atoms with Gasteiger partial charge in [-0.15, -0.1) is 0 Å².